The lowest BCUT2D eigenvalue weighted by molar-refractivity contribution is 0.714. The predicted octanol–water partition coefficient (Wildman–Crippen LogP) is 1.53. The van der Waals surface area contributed by atoms with Gasteiger partial charge in [-0.3, -0.25) is 0 Å². The third kappa shape index (κ3) is 2.10. The van der Waals surface area contributed by atoms with Gasteiger partial charge in [0.25, 0.3) is 0 Å². The molecule has 74 valence electrons. The first-order valence-electron chi connectivity index (χ1n) is 4.91. The molecule has 13 heavy (non-hydrogen) atoms. The van der Waals surface area contributed by atoms with Crippen LogP contribution in [0.1, 0.15) is 37.0 Å². The van der Waals surface area contributed by atoms with E-state index in [-0.39, 0.29) is 0 Å². The van der Waals surface area contributed by atoms with E-state index in [0.29, 0.717) is 6.54 Å². The van der Waals surface area contributed by atoms with E-state index >= 15 is 0 Å². The molecular formula is C10H19N3. The van der Waals surface area contributed by atoms with E-state index in [4.69, 9.17) is 5.73 Å². The van der Waals surface area contributed by atoms with Gasteiger partial charge in [0, 0.05) is 19.3 Å². The van der Waals surface area contributed by atoms with Crippen molar-refractivity contribution in [2.24, 2.45) is 12.8 Å². The summed E-state index contributed by atoms with van der Waals surface area (Å²) in [5.74, 6) is 1.06. The molecule has 3 nitrogen and oxygen atoms in total. The molecule has 0 aliphatic heterocycles. The molecule has 0 bridgehead atoms. The highest BCUT2D eigenvalue weighted by Crippen LogP contribution is 2.12. The van der Waals surface area contributed by atoms with Crippen LogP contribution in [0.15, 0.2) is 0 Å². The number of nitrogens with two attached hydrogens (primary N) is 1. The summed E-state index contributed by atoms with van der Waals surface area (Å²) < 4.78 is 2.15. The normalized spacial score (nSPS) is 10.8. The highest BCUT2D eigenvalue weighted by molar-refractivity contribution is 5.16. The highest BCUT2D eigenvalue weighted by Gasteiger charge is 2.09. The third-order valence-corrected chi connectivity index (χ3v) is 2.48. The summed E-state index contributed by atoms with van der Waals surface area (Å²) in [5, 5.41) is 0. The summed E-state index contributed by atoms with van der Waals surface area (Å²) in [6.07, 6.45) is 3.53. The van der Waals surface area contributed by atoms with Crippen molar-refractivity contribution in [2.45, 2.75) is 39.7 Å². The predicted molar refractivity (Wildman–Crippen MR) is 54.4 cm³/mol. The number of hydrogen-bond donors (Lipinski definition) is 1. The molecule has 0 fully saturated rings. The molecule has 1 aromatic rings. The van der Waals surface area contributed by atoms with Gasteiger partial charge in [0.05, 0.1) is 5.69 Å². The van der Waals surface area contributed by atoms with Gasteiger partial charge in [-0.25, -0.2) is 4.98 Å². The lowest BCUT2D eigenvalue weighted by Gasteiger charge is -2.04. The van der Waals surface area contributed by atoms with E-state index in [1.807, 2.05) is 6.92 Å². The Bertz CT molecular complexity index is 276. The molecule has 0 saturated carbocycles. The zero-order valence-corrected chi connectivity index (χ0v) is 8.80. The number of rotatable bonds is 4. The quantitative estimate of drug-likeness (QED) is 0.765. The fourth-order valence-corrected chi connectivity index (χ4v) is 1.54. The summed E-state index contributed by atoms with van der Waals surface area (Å²) >= 11 is 0. The Balaban J connectivity index is 2.88. The molecule has 0 atom stereocenters. The van der Waals surface area contributed by atoms with Crippen LogP contribution < -0.4 is 5.73 Å². The van der Waals surface area contributed by atoms with Gasteiger partial charge in [-0.05, 0) is 19.8 Å². The van der Waals surface area contributed by atoms with Crippen molar-refractivity contribution in [3.63, 3.8) is 0 Å². The largest absolute Gasteiger partial charge is 0.335 e. The Morgan fingerprint density at radius 2 is 2.15 bits per heavy atom. The molecule has 0 spiro atoms. The summed E-state index contributed by atoms with van der Waals surface area (Å²) in [6, 6.07) is 0. The van der Waals surface area contributed by atoms with E-state index in [1.54, 1.807) is 0 Å². The average Bonchev–Trinajstić information content (AvgIpc) is 2.40. The summed E-state index contributed by atoms with van der Waals surface area (Å²) in [4.78, 5) is 4.42. The van der Waals surface area contributed by atoms with Crippen molar-refractivity contribution in [1.29, 1.82) is 0 Å². The van der Waals surface area contributed by atoms with Crippen LogP contribution in [-0.4, -0.2) is 9.55 Å². The Morgan fingerprint density at radius 1 is 1.46 bits per heavy atom. The Morgan fingerprint density at radius 3 is 2.69 bits per heavy atom. The van der Waals surface area contributed by atoms with Crippen LogP contribution >= 0.6 is 0 Å². The van der Waals surface area contributed by atoms with Crippen LogP contribution in [-0.2, 0) is 20.0 Å². The van der Waals surface area contributed by atoms with E-state index in [9.17, 15) is 0 Å². The fourth-order valence-electron chi connectivity index (χ4n) is 1.54. The topological polar surface area (TPSA) is 43.8 Å². The number of imidazole rings is 1. The standard InChI is InChI=1S/C10H19N3/c1-4-5-6-10-9(7-11)12-8(2)13(10)3/h4-7,11H2,1-3H3. The van der Waals surface area contributed by atoms with Crippen molar-refractivity contribution < 1.29 is 0 Å². The van der Waals surface area contributed by atoms with E-state index in [0.717, 1.165) is 17.9 Å². The van der Waals surface area contributed by atoms with Crippen LogP contribution in [0.25, 0.3) is 0 Å². The average molecular weight is 181 g/mol. The lowest BCUT2D eigenvalue weighted by Crippen LogP contribution is -2.04. The van der Waals surface area contributed by atoms with E-state index in [2.05, 4.69) is 23.5 Å². The zero-order chi connectivity index (χ0) is 9.84. The number of nitrogens with zero attached hydrogens (tertiary/aromatic N) is 2. The SMILES string of the molecule is CCCCc1c(CN)nc(C)n1C. The monoisotopic (exact) mass is 181 g/mol. The molecule has 0 aliphatic carbocycles. The van der Waals surface area contributed by atoms with Crippen LogP contribution in [0.5, 0.6) is 0 Å². The van der Waals surface area contributed by atoms with Crippen LogP contribution in [0.4, 0.5) is 0 Å². The Labute approximate surface area is 80.0 Å². The van der Waals surface area contributed by atoms with Crippen molar-refractivity contribution in [3.05, 3.63) is 17.2 Å². The molecule has 0 unspecified atom stereocenters. The smallest absolute Gasteiger partial charge is 0.105 e. The number of aryl methyl sites for hydroxylation is 1. The molecular weight excluding hydrogens is 162 g/mol. The first-order valence-corrected chi connectivity index (χ1v) is 4.91. The Kier molecular flexibility index (Phi) is 3.48. The molecule has 1 heterocycles. The number of unbranched alkanes of at least 4 members (excludes halogenated alkanes) is 1. The van der Waals surface area contributed by atoms with Gasteiger partial charge in [0.15, 0.2) is 0 Å². The minimum atomic E-state index is 0.556. The Hall–Kier alpha value is -0.830. The molecule has 3 heteroatoms. The molecule has 0 amide bonds. The van der Waals surface area contributed by atoms with Crippen LogP contribution in [0.2, 0.25) is 0 Å². The number of hydrogen-bond acceptors (Lipinski definition) is 2. The van der Waals surface area contributed by atoms with Crippen LogP contribution in [0, 0.1) is 6.92 Å². The van der Waals surface area contributed by atoms with E-state index in [1.165, 1.54) is 18.5 Å². The van der Waals surface area contributed by atoms with Crippen molar-refractivity contribution >= 4 is 0 Å². The maximum absolute atomic E-state index is 5.63. The van der Waals surface area contributed by atoms with Gasteiger partial charge in [-0.1, -0.05) is 13.3 Å². The van der Waals surface area contributed by atoms with Crippen molar-refractivity contribution in [1.82, 2.24) is 9.55 Å². The van der Waals surface area contributed by atoms with Crippen molar-refractivity contribution in [3.8, 4) is 0 Å². The first-order chi connectivity index (χ1) is 6.20. The maximum Gasteiger partial charge on any atom is 0.105 e. The molecule has 2 N–H and O–H groups in total. The van der Waals surface area contributed by atoms with Gasteiger partial charge in [-0.2, -0.15) is 0 Å². The second kappa shape index (κ2) is 4.42. The zero-order valence-electron chi connectivity index (χ0n) is 8.80. The van der Waals surface area contributed by atoms with Crippen LogP contribution in [0.3, 0.4) is 0 Å². The fraction of sp³-hybridized carbons (Fsp3) is 0.700. The second-order valence-corrected chi connectivity index (χ2v) is 3.42. The molecule has 0 saturated heterocycles. The molecule has 1 rings (SSSR count). The molecule has 0 aromatic carbocycles. The van der Waals surface area contributed by atoms with Gasteiger partial charge in [-0.15, -0.1) is 0 Å². The van der Waals surface area contributed by atoms with Gasteiger partial charge in [0.2, 0.25) is 0 Å². The third-order valence-electron chi connectivity index (χ3n) is 2.48. The molecule has 0 aliphatic rings. The van der Waals surface area contributed by atoms with Gasteiger partial charge in [0.1, 0.15) is 5.82 Å². The second-order valence-electron chi connectivity index (χ2n) is 3.42. The molecule has 1 aromatic heterocycles. The minimum absolute atomic E-state index is 0.556. The van der Waals surface area contributed by atoms with Gasteiger partial charge < -0.3 is 10.3 Å². The maximum atomic E-state index is 5.63. The van der Waals surface area contributed by atoms with Crippen molar-refractivity contribution in [2.75, 3.05) is 0 Å². The summed E-state index contributed by atoms with van der Waals surface area (Å²) in [7, 11) is 2.06. The van der Waals surface area contributed by atoms with E-state index < -0.39 is 0 Å². The first kappa shape index (κ1) is 10.3. The molecule has 0 radical (unpaired) electrons. The summed E-state index contributed by atoms with van der Waals surface area (Å²) in [6.45, 7) is 4.78. The van der Waals surface area contributed by atoms with Gasteiger partial charge >= 0.3 is 0 Å². The lowest BCUT2D eigenvalue weighted by atomic mass is 10.1. The highest BCUT2D eigenvalue weighted by atomic mass is 15.1. The number of aromatic nitrogens is 2. The summed E-state index contributed by atoms with van der Waals surface area (Å²) in [5.41, 5.74) is 8.00. The minimum Gasteiger partial charge on any atom is -0.335 e.